The lowest BCUT2D eigenvalue weighted by atomic mass is 9.84. The van der Waals surface area contributed by atoms with Crippen LogP contribution in [0.5, 0.6) is 0 Å². The van der Waals surface area contributed by atoms with Gasteiger partial charge in [-0.05, 0) is 67.6 Å². The highest BCUT2D eigenvalue weighted by Crippen LogP contribution is 2.38. The van der Waals surface area contributed by atoms with Crippen LogP contribution in [-0.4, -0.2) is 8.42 Å². The van der Waals surface area contributed by atoms with Crippen LogP contribution in [0.15, 0.2) is 56.7 Å². The number of furan rings is 1. The lowest BCUT2D eigenvalue weighted by Crippen LogP contribution is -2.05. The van der Waals surface area contributed by atoms with E-state index in [1.807, 2.05) is 12.1 Å². The summed E-state index contributed by atoms with van der Waals surface area (Å²) in [6.07, 6.45) is 5.99. The number of rotatable bonds is 3. The van der Waals surface area contributed by atoms with Gasteiger partial charge in [0.2, 0.25) is 9.84 Å². The summed E-state index contributed by atoms with van der Waals surface area (Å²) in [6.45, 7) is 1.66. The SMILES string of the molecule is Cc1oc2ccc(C3CCCCC3)cc2c1S(=O)(=O)c1ccc(F)cc1. The number of hydrogen-bond donors (Lipinski definition) is 0. The van der Waals surface area contributed by atoms with Gasteiger partial charge >= 0.3 is 0 Å². The Morgan fingerprint density at radius 3 is 2.38 bits per heavy atom. The van der Waals surface area contributed by atoms with Gasteiger partial charge in [-0.15, -0.1) is 0 Å². The lowest BCUT2D eigenvalue weighted by molar-refractivity contribution is 0.444. The molecule has 5 heteroatoms. The second-order valence-corrected chi connectivity index (χ2v) is 8.92. The molecule has 0 radical (unpaired) electrons. The van der Waals surface area contributed by atoms with Gasteiger partial charge in [0, 0.05) is 5.39 Å². The molecule has 2 aromatic carbocycles. The van der Waals surface area contributed by atoms with E-state index in [-0.39, 0.29) is 9.79 Å². The molecular weight excluding hydrogens is 351 g/mol. The van der Waals surface area contributed by atoms with Gasteiger partial charge in [0.1, 0.15) is 22.1 Å². The Kier molecular flexibility index (Phi) is 4.35. The van der Waals surface area contributed by atoms with Crippen molar-refractivity contribution in [3.05, 3.63) is 59.6 Å². The summed E-state index contributed by atoms with van der Waals surface area (Å²) >= 11 is 0. The van der Waals surface area contributed by atoms with Crippen molar-refractivity contribution in [3.8, 4) is 0 Å². The van der Waals surface area contributed by atoms with Crippen LogP contribution in [0.25, 0.3) is 11.0 Å². The van der Waals surface area contributed by atoms with E-state index in [0.717, 1.165) is 25.0 Å². The molecule has 0 amide bonds. The van der Waals surface area contributed by atoms with Crippen LogP contribution in [0.2, 0.25) is 0 Å². The third kappa shape index (κ3) is 2.94. The first-order valence-corrected chi connectivity index (χ1v) is 10.5. The number of aryl methyl sites for hydroxylation is 1. The Bertz CT molecular complexity index is 1040. The molecule has 3 nitrogen and oxygen atoms in total. The molecule has 0 bridgehead atoms. The highest BCUT2D eigenvalue weighted by molar-refractivity contribution is 7.91. The molecule has 0 atom stereocenters. The average Bonchev–Trinajstić information content (AvgIpc) is 2.98. The fourth-order valence-corrected chi connectivity index (χ4v) is 5.57. The van der Waals surface area contributed by atoms with E-state index in [9.17, 15) is 12.8 Å². The predicted octanol–water partition coefficient (Wildman–Crippen LogP) is 5.76. The monoisotopic (exact) mass is 372 g/mol. The van der Waals surface area contributed by atoms with Gasteiger partial charge in [-0.25, -0.2) is 12.8 Å². The minimum Gasteiger partial charge on any atom is -0.460 e. The Morgan fingerprint density at radius 2 is 1.69 bits per heavy atom. The van der Waals surface area contributed by atoms with Gasteiger partial charge in [-0.3, -0.25) is 0 Å². The largest absolute Gasteiger partial charge is 0.460 e. The third-order valence-corrected chi connectivity index (χ3v) is 7.24. The zero-order valence-corrected chi connectivity index (χ0v) is 15.5. The molecule has 26 heavy (non-hydrogen) atoms. The maximum absolute atomic E-state index is 13.2. The van der Waals surface area contributed by atoms with Crippen molar-refractivity contribution in [2.75, 3.05) is 0 Å². The first kappa shape index (κ1) is 17.3. The second kappa shape index (κ2) is 6.54. The van der Waals surface area contributed by atoms with E-state index in [1.165, 1.54) is 37.0 Å². The van der Waals surface area contributed by atoms with Crippen molar-refractivity contribution in [2.45, 2.75) is 54.7 Å². The van der Waals surface area contributed by atoms with Crippen LogP contribution in [0.4, 0.5) is 4.39 Å². The van der Waals surface area contributed by atoms with Crippen LogP contribution >= 0.6 is 0 Å². The molecule has 1 aliphatic carbocycles. The minimum atomic E-state index is -3.78. The summed E-state index contributed by atoms with van der Waals surface area (Å²) < 4.78 is 45.2. The highest BCUT2D eigenvalue weighted by Gasteiger charge is 2.27. The molecule has 1 saturated carbocycles. The zero-order chi connectivity index (χ0) is 18.3. The van der Waals surface area contributed by atoms with E-state index in [0.29, 0.717) is 22.6 Å². The molecule has 136 valence electrons. The van der Waals surface area contributed by atoms with Crippen LogP contribution in [0, 0.1) is 12.7 Å². The Hall–Kier alpha value is -2.14. The van der Waals surface area contributed by atoms with Crippen molar-refractivity contribution in [2.24, 2.45) is 0 Å². The quantitative estimate of drug-likeness (QED) is 0.549. The summed E-state index contributed by atoms with van der Waals surface area (Å²) in [5, 5.41) is 0.620. The molecule has 1 aliphatic rings. The number of halogens is 1. The van der Waals surface area contributed by atoms with E-state index in [4.69, 9.17) is 4.42 Å². The maximum atomic E-state index is 13.2. The number of hydrogen-bond acceptors (Lipinski definition) is 3. The van der Waals surface area contributed by atoms with Crippen molar-refractivity contribution >= 4 is 20.8 Å². The van der Waals surface area contributed by atoms with Crippen LogP contribution < -0.4 is 0 Å². The molecule has 0 spiro atoms. The number of sulfone groups is 1. The first-order chi connectivity index (χ1) is 12.5. The van der Waals surface area contributed by atoms with Crippen LogP contribution in [0.3, 0.4) is 0 Å². The lowest BCUT2D eigenvalue weighted by Gasteiger charge is -2.21. The molecule has 1 aromatic heterocycles. The Labute approximate surface area is 152 Å². The second-order valence-electron chi connectivity index (χ2n) is 7.04. The summed E-state index contributed by atoms with van der Waals surface area (Å²) in [4.78, 5) is 0.268. The van der Waals surface area contributed by atoms with Crippen molar-refractivity contribution < 1.29 is 17.2 Å². The molecule has 1 fully saturated rings. The van der Waals surface area contributed by atoms with Gasteiger partial charge in [-0.1, -0.05) is 25.3 Å². The molecule has 0 aliphatic heterocycles. The fourth-order valence-electron chi connectivity index (χ4n) is 3.97. The van der Waals surface area contributed by atoms with Crippen molar-refractivity contribution in [1.29, 1.82) is 0 Å². The van der Waals surface area contributed by atoms with Gasteiger partial charge in [0.05, 0.1) is 4.90 Å². The van der Waals surface area contributed by atoms with Gasteiger partial charge in [0.25, 0.3) is 0 Å². The topological polar surface area (TPSA) is 47.3 Å². The summed E-state index contributed by atoms with van der Waals surface area (Å²) in [5.41, 5.74) is 1.75. The molecule has 0 N–H and O–H groups in total. The maximum Gasteiger partial charge on any atom is 0.210 e. The summed E-state index contributed by atoms with van der Waals surface area (Å²) in [6, 6.07) is 10.8. The average molecular weight is 372 g/mol. The van der Waals surface area contributed by atoms with Gasteiger partial charge in [0.15, 0.2) is 0 Å². The molecule has 3 aromatic rings. The van der Waals surface area contributed by atoms with E-state index in [2.05, 4.69) is 6.07 Å². The molecule has 0 unspecified atom stereocenters. The van der Waals surface area contributed by atoms with Gasteiger partial charge in [-0.2, -0.15) is 0 Å². The minimum absolute atomic E-state index is 0.0766. The van der Waals surface area contributed by atoms with Gasteiger partial charge < -0.3 is 4.42 Å². The fraction of sp³-hybridized carbons (Fsp3) is 0.333. The summed E-state index contributed by atoms with van der Waals surface area (Å²) in [7, 11) is -3.78. The molecule has 4 rings (SSSR count). The number of benzene rings is 2. The standard InChI is InChI=1S/C21H21FO3S/c1-14-21(26(23,24)18-10-8-17(22)9-11-18)19-13-16(7-12-20(19)25-14)15-5-3-2-4-6-15/h7-13,15H,2-6H2,1H3. The number of fused-ring (bicyclic) bond motifs is 1. The van der Waals surface area contributed by atoms with Crippen LogP contribution in [-0.2, 0) is 9.84 Å². The van der Waals surface area contributed by atoms with E-state index in [1.54, 1.807) is 6.92 Å². The molecule has 1 heterocycles. The predicted molar refractivity (Wildman–Crippen MR) is 98.6 cm³/mol. The summed E-state index contributed by atoms with van der Waals surface area (Å²) in [5.74, 6) is 0.382. The van der Waals surface area contributed by atoms with E-state index < -0.39 is 15.7 Å². The first-order valence-electron chi connectivity index (χ1n) is 9.00. The Morgan fingerprint density at radius 1 is 1.00 bits per heavy atom. The third-order valence-electron chi connectivity index (χ3n) is 5.30. The highest BCUT2D eigenvalue weighted by atomic mass is 32.2. The smallest absolute Gasteiger partial charge is 0.210 e. The zero-order valence-electron chi connectivity index (χ0n) is 14.7. The van der Waals surface area contributed by atoms with Crippen molar-refractivity contribution in [1.82, 2.24) is 0 Å². The Balaban J connectivity index is 1.85. The van der Waals surface area contributed by atoms with Crippen LogP contribution in [0.1, 0.15) is 49.3 Å². The molecular formula is C21H21FO3S. The normalized spacial score (nSPS) is 16.2. The molecule has 0 saturated heterocycles. The van der Waals surface area contributed by atoms with Crippen molar-refractivity contribution in [3.63, 3.8) is 0 Å². The van der Waals surface area contributed by atoms with E-state index >= 15 is 0 Å².